The zero-order chi connectivity index (χ0) is 18.0. The minimum absolute atomic E-state index is 0.0560. The summed E-state index contributed by atoms with van der Waals surface area (Å²) >= 11 is 0. The molecule has 2 unspecified atom stereocenters. The van der Waals surface area contributed by atoms with Crippen LogP contribution >= 0.6 is 0 Å². The Kier molecular flexibility index (Phi) is 5.32. The standard InChI is InChI=1S/C18H30N4O3/c1-21-17(25)22(16(24)18(21)9-5-2-6-10-18)12-15(23)20-14-8-4-3-7-13(14)11-19/h13-14H,2-12,19H2,1H3,(H,20,23). The Labute approximate surface area is 149 Å². The lowest BCUT2D eigenvalue weighted by Gasteiger charge is -2.35. The second kappa shape index (κ2) is 7.32. The van der Waals surface area contributed by atoms with Crippen LogP contribution in [-0.4, -0.2) is 59.4 Å². The number of carbonyl (C=O) groups excluding carboxylic acids is 3. The summed E-state index contributed by atoms with van der Waals surface area (Å²) in [6, 6.07) is -0.290. The van der Waals surface area contributed by atoms with E-state index in [2.05, 4.69) is 5.32 Å². The van der Waals surface area contributed by atoms with Gasteiger partial charge in [-0.2, -0.15) is 0 Å². The van der Waals surface area contributed by atoms with E-state index in [1.54, 1.807) is 11.9 Å². The minimum Gasteiger partial charge on any atom is -0.351 e. The molecule has 0 aromatic heterocycles. The first-order valence-electron chi connectivity index (χ1n) is 9.59. The summed E-state index contributed by atoms with van der Waals surface area (Å²) < 4.78 is 0. The molecule has 3 rings (SSSR count). The lowest BCUT2D eigenvalue weighted by Crippen LogP contribution is -2.50. The molecule has 1 aliphatic heterocycles. The van der Waals surface area contributed by atoms with Gasteiger partial charge in [-0.1, -0.05) is 32.1 Å². The van der Waals surface area contributed by atoms with Crippen molar-refractivity contribution in [3.63, 3.8) is 0 Å². The highest BCUT2D eigenvalue weighted by atomic mass is 16.2. The van der Waals surface area contributed by atoms with E-state index >= 15 is 0 Å². The van der Waals surface area contributed by atoms with E-state index in [1.807, 2.05) is 0 Å². The predicted molar refractivity (Wildman–Crippen MR) is 93.6 cm³/mol. The largest absolute Gasteiger partial charge is 0.351 e. The van der Waals surface area contributed by atoms with Crippen LogP contribution in [0.25, 0.3) is 0 Å². The third-order valence-corrected chi connectivity index (χ3v) is 6.34. The van der Waals surface area contributed by atoms with Crippen molar-refractivity contribution in [1.82, 2.24) is 15.1 Å². The number of likely N-dealkylation sites (N-methyl/N-ethyl adjacent to an activating group) is 1. The summed E-state index contributed by atoms with van der Waals surface area (Å²) in [4.78, 5) is 40.7. The maximum atomic E-state index is 12.9. The molecule has 0 bridgehead atoms. The summed E-state index contributed by atoms with van der Waals surface area (Å²) in [5.41, 5.74) is 5.09. The number of amides is 4. The Morgan fingerprint density at radius 1 is 1.16 bits per heavy atom. The van der Waals surface area contributed by atoms with E-state index in [-0.39, 0.29) is 36.3 Å². The van der Waals surface area contributed by atoms with Gasteiger partial charge in [-0.15, -0.1) is 0 Å². The van der Waals surface area contributed by atoms with Gasteiger partial charge in [0.15, 0.2) is 0 Å². The zero-order valence-electron chi connectivity index (χ0n) is 15.1. The molecule has 3 aliphatic rings. The van der Waals surface area contributed by atoms with Gasteiger partial charge in [0.05, 0.1) is 0 Å². The molecule has 0 radical (unpaired) electrons. The Balaban J connectivity index is 1.64. The van der Waals surface area contributed by atoms with Crippen molar-refractivity contribution in [2.75, 3.05) is 20.1 Å². The van der Waals surface area contributed by atoms with Crippen molar-refractivity contribution in [3.8, 4) is 0 Å². The van der Waals surface area contributed by atoms with Gasteiger partial charge in [-0.25, -0.2) is 4.79 Å². The number of carbonyl (C=O) groups is 3. The lowest BCUT2D eigenvalue weighted by molar-refractivity contribution is -0.137. The normalized spacial score (nSPS) is 29.4. The smallest absolute Gasteiger partial charge is 0.327 e. The number of hydrogen-bond donors (Lipinski definition) is 2. The van der Waals surface area contributed by atoms with Gasteiger partial charge in [0.2, 0.25) is 5.91 Å². The van der Waals surface area contributed by atoms with Crippen LogP contribution in [0.3, 0.4) is 0 Å². The molecule has 2 atom stereocenters. The quantitative estimate of drug-likeness (QED) is 0.745. The molecule has 0 aromatic rings. The van der Waals surface area contributed by atoms with Gasteiger partial charge in [0.1, 0.15) is 12.1 Å². The molecule has 140 valence electrons. The van der Waals surface area contributed by atoms with Crippen molar-refractivity contribution in [1.29, 1.82) is 0 Å². The van der Waals surface area contributed by atoms with Crippen molar-refractivity contribution >= 4 is 17.8 Å². The molecule has 7 heteroatoms. The summed E-state index contributed by atoms with van der Waals surface area (Å²) in [6.45, 7) is 0.371. The average Bonchev–Trinajstić information content (AvgIpc) is 2.79. The summed E-state index contributed by atoms with van der Waals surface area (Å²) in [5.74, 6) is -0.169. The average molecular weight is 350 g/mol. The van der Waals surface area contributed by atoms with E-state index in [0.29, 0.717) is 19.4 Å². The number of urea groups is 1. The molecular formula is C18H30N4O3. The number of nitrogens with two attached hydrogens (primary N) is 1. The number of nitrogens with one attached hydrogen (secondary N) is 1. The molecule has 1 heterocycles. The Hall–Kier alpha value is -1.63. The van der Waals surface area contributed by atoms with Gasteiger partial charge >= 0.3 is 6.03 Å². The van der Waals surface area contributed by atoms with Crippen LogP contribution in [0.5, 0.6) is 0 Å². The van der Waals surface area contributed by atoms with Crippen LogP contribution in [0, 0.1) is 5.92 Å². The highest BCUT2D eigenvalue weighted by Gasteiger charge is 2.55. The first-order valence-corrected chi connectivity index (χ1v) is 9.59. The Morgan fingerprint density at radius 2 is 1.84 bits per heavy atom. The predicted octanol–water partition coefficient (Wildman–Crippen LogP) is 1.22. The second-order valence-electron chi connectivity index (χ2n) is 7.78. The summed E-state index contributed by atoms with van der Waals surface area (Å²) in [6.07, 6.45) is 8.55. The molecular weight excluding hydrogens is 320 g/mol. The van der Waals surface area contributed by atoms with E-state index in [0.717, 1.165) is 49.8 Å². The molecule has 7 nitrogen and oxygen atoms in total. The van der Waals surface area contributed by atoms with Gasteiger partial charge in [-0.05, 0) is 38.1 Å². The van der Waals surface area contributed by atoms with Crippen LogP contribution in [0.4, 0.5) is 4.79 Å². The zero-order valence-corrected chi connectivity index (χ0v) is 15.1. The highest BCUT2D eigenvalue weighted by molar-refractivity contribution is 6.08. The maximum Gasteiger partial charge on any atom is 0.327 e. The fourth-order valence-electron chi connectivity index (χ4n) is 4.75. The van der Waals surface area contributed by atoms with Crippen LogP contribution in [0.15, 0.2) is 0 Å². The maximum absolute atomic E-state index is 12.9. The monoisotopic (exact) mass is 350 g/mol. The van der Waals surface area contributed by atoms with Gasteiger partial charge in [0.25, 0.3) is 5.91 Å². The fraction of sp³-hybridized carbons (Fsp3) is 0.833. The second-order valence-corrected chi connectivity index (χ2v) is 7.78. The number of rotatable bonds is 4. The molecule has 25 heavy (non-hydrogen) atoms. The summed E-state index contributed by atoms with van der Waals surface area (Å²) in [7, 11) is 1.69. The molecule has 1 spiro atoms. The van der Waals surface area contributed by atoms with Crippen molar-refractivity contribution in [2.24, 2.45) is 11.7 Å². The van der Waals surface area contributed by atoms with Crippen LogP contribution < -0.4 is 11.1 Å². The molecule has 2 aliphatic carbocycles. The number of imide groups is 1. The SMILES string of the molecule is CN1C(=O)N(CC(=O)NC2CCCCC2CN)C(=O)C12CCCCC2. The fourth-order valence-corrected chi connectivity index (χ4v) is 4.75. The van der Waals surface area contributed by atoms with E-state index < -0.39 is 5.54 Å². The molecule has 3 fully saturated rings. The van der Waals surface area contributed by atoms with Gasteiger partial charge in [-0.3, -0.25) is 14.5 Å². The molecule has 0 aromatic carbocycles. The molecule has 1 saturated heterocycles. The van der Waals surface area contributed by atoms with Crippen LogP contribution in [0.1, 0.15) is 57.8 Å². The van der Waals surface area contributed by atoms with Crippen LogP contribution in [-0.2, 0) is 9.59 Å². The Bertz CT molecular complexity index is 544. The first kappa shape index (κ1) is 18.2. The third-order valence-electron chi connectivity index (χ3n) is 6.34. The van der Waals surface area contributed by atoms with E-state index in [4.69, 9.17) is 5.73 Å². The highest BCUT2D eigenvalue weighted by Crippen LogP contribution is 2.39. The van der Waals surface area contributed by atoms with Crippen molar-refractivity contribution < 1.29 is 14.4 Å². The third kappa shape index (κ3) is 3.26. The molecule has 2 saturated carbocycles. The molecule has 3 N–H and O–H groups in total. The lowest BCUT2D eigenvalue weighted by atomic mass is 9.81. The van der Waals surface area contributed by atoms with E-state index in [9.17, 15) is 14.4 Å². The Morgan fingerprint density at radius 3 is 2.52 bits per heavy atom. The number of nitrogens with zero attached hydrogens (tertiary/aromatic N) is 2. The minimum atomic E-state index is -0.722. The van der Waals surface area contributed by atoms with Gasteiger partial charge < -0.3 is 16.0 Å². The summed E-state index contributed by atoms with van der Waals surface area (Å²) in [5, 5.41) is 3.01. The first-order chi connectivity index (χ1) is 12.0. The number of hydrogen-bond acceptors (Lipinski definition) is 4. The topological polar surface area (TPSA) is 95.7 Å². The van der Waals surface area contributed by atoms with Crippen LogP contribution in [0.2, 0.25) is 0 Å². The van der Waals surface area contributed by atoms with E-state index in [1.165, 1.54) is 0 Å². The molecule has 4 amide bonds. The van der Waals surface area contributed by atoms with Crippen molar-refractivity contribution in [3.05, 3.63) is 0 Å². The van der Waals surface area contributed by atoms with Gasteiger partial charge in [0, 0.05) is 13.1 Å². The van der Waals surface area contributed by atoms with Crippen molar-refractivity contribution in [2.45, 2.75) is 69.4 Å².